The van der Waals surface area contributed by atoms with Crippen molar-refractivity contribution in [1.82, 2.24) is 9.47 Å². The lowest BCUT2D eigenvalue weighted by molar-refractivity contribution is -0.121. The molecule has 1 unspecified atom stereocenters. The van der Waals surface area contributed by atoms with E-state index < -0.39 is 0 Å². The van der Waals surface area contributed by atoms with Crippen LogP contribution in [0.2, 0.25) is 0 Å². The molecule has 6 heteroatoms. The van der Waals surface area contributed by atoms with E-state index >= 15 is 0 Å². The Morgan fingerprint density at radius 3 is 2.73 bits per heavy atom. The van der Waals surface area contributed by atoms with E-state index in [4.69, 9.17) is 9.84 Å². The van der Waals surface area contributed by atoms with Gasteiger partial charge in [-0.1, -0.05) is 24.6 Å². The SMILES string of the molecule is O=C(CO)CCCCCn1c2c(c3ccccc31)C(=O)C(CN1CCOCC1)CC2. The summed E-state index contributed by atoms with van der Waals surface area (Å²) in [5.74, 6) is 0.279. The third-order valence-electron chi connectivity index (χ3n) is 6.52. The third kappa shape index (κ3) is 4.51. The number of hydrogen-bond acceptors (Lipinski definition) is 5. The molecule has 2 heterocycles. The number of ketones is 2. The van der Waals surface area contributed by atoms with Gasteiger partial charge in [-0.2, -0.15) is 0 Å². The van der Waals surface area contributed by atoms with Gasteiger partial charge in [-0.05, 0) is 31.7 Å². The molecule has 1 aliphatic carbocycles. The summed E-state index contributed by atoms with van der Waals surface area (Å²) in [5.41, 5.74) is 3.27. The van der Waals surface area contributed by atoms with E-state index in [2.05, 4.69) is 21.6 Å². The molecule has 1 aliphatic heterocycles. The highest BCUT2D eigenvalue weighted by molar-refractivity contribution is 6.11. The lowest BCUT2D eigenvalue weighted by Crippen LogP contribution is -2.42. The van der Waals surface area contributed by atoms with Crippen molar-refractivity contribution in [2.45, 2.75) is 45.1 Å². The fourth-order valence-corrected chi connectivity index (χ4v) is 4.91. The number of carbonyl (C=O) groups excluding carboxylic acids is 2. The smallest absolute Gasteiger partial charge is 0.169 e. The van der Waals surface area contributed by atoms with Gasteiger partial charge in [0.1, 0.15) is 6.61 Å². The van der Waals surface area contributed by atoms with Crippen molar-refractivity contribution in [3.63, 3.8) is 0 Å². The zero-order chi connectivity index (χ0) is 20.9. The molecular formula is C24H32N2O4. The monoisotopic (exact) mass is 412 g/mol. The zero-order valence-electron chi connectivity index (χ0n) is 17.6. The van der Waals surface area contributed by atoms with Crippen LogP contribution in [0.15, 0.2) is 24.3 Å². The minimum absolute atomic E-state index is 0.0688. The molecule has 162 valence electrons. The fourth-order valence-electron chi connectivity index (χ4n) is 4.91. The molecule has 0 saturated carbocycles. The maximum atomic E-state index is 13.5. The van der Waals surface area contributed by atoms with E-state index in [0.29, 0.717) is 12.2 Å². The summed E-state index contributed by atoms with van der Waals surface area (Å²) in [5, 5.41) is 9.93. The summed E-state index contributed by atoms with van der Waals surface area (Å²) >= 11 is 0. The normalized spacial score (nSPS) is 19.9. The molecule has 0 bridgehead atoms. The van der Waals surface area contributed by atoms with Gasteiger partial charge >= 0.3 is 0 Å². The Hall–Kier alpha value is -2.02. The predicted octanol–water partition coefficient (Wildman–Crippen LogP) is 2.84. The molecule has 2 aliphatic rings. The number of nitrogens with zero attached hydrogens (tertiary/aromatic N) is 2. The van der Waals surface area contributed by atoms with Gasteiger partial charge in [-0.25, -0.2) is 0 Å². The third-order valence-corrected chi connectivity index (χ3v) is 6.52. The molecule has 2 aromatic rings. The van der Waals surface area contributed by atoms with Gasteiger partial charge in [0.15, 0.2) is 11.6 Å². The second-order valence-corrected chi connectivity index (χ2v) is 8.51. The second kappa shape index (κ2) is 9.86. The molecular weight excluding hydrogens is 380 g/mol. The lowest BCUT2D eigenvalue weighted by Gasteiger charge is -2.31. The number of para-hydroxylation sites is 1. The zero-order valence-corrected chi connectivity index (χ0v) is 17.6. The molecule has 4 rings (SSSR count). The highest BCUT2D eigenvalue weighted by atomic mass is 16.5. The first-order chi connectivity index (χ1) is 14.7. The van der Waals surface area contributed by atoms with Crippen molar-refractivity contribution in [2.24, 2.45) is 5.92 Å². The fraction of sp³-hybridized carbons (Fsp3) is 0.583. The summed E-state index contributed by atoms with van der Waals surface area (Å²) in [6, 6.07) is 8.26. The number of hydrogen-bond donors (Lipinski definition) is 1. The first-order valence-corrected chi connectivity index (χ1v) is 11.3. The topological polar surface area (TPSA) is 71.8 Å². The molecule has 6 nitrogen and oxygen atoms in total. The minimum atomic E-state index is -0.358. The minimum Gasteiger partial charge on any atom is -0.389 e. The number of aryl methyl sites for hydroxylation is 1. The molecule has 1 aromatic heterocycles. The highest BCUT2D eigenvalue weighted by Crippen LogP contribution is 2.35. The molecule has 1 N–H and O–H groups in total. The number of morpholine rings is 1. The van der Waals surface area contributed by atoms with Crippen molar-refractivity contribution in [3.05, 3.63) is 35.5 Å². The molecule has 0 amide bonds. The van der Waals surface area contributed by atoms with Crippen LogP contribution in [0.4, 0.5) is 0 Å². The van der Waals surface area contributed by atoms with Crippen LogP contribution in [0.5, 0.6) is 0 Å². The van der Waals surface area contributed by atoms with Crippen molar-refractivity contribution in [1.29, 1.82) is 0 Å². The van der Waals surface area contributed by atoms with E-state index in [1.807, 2.05) is 12.1 Å². The number of benzene rings is 1. The van der Waals surface area contributed by atoms with E-state index in [-0.39, 0.29) is 18.3 Å². The van der Waals surface area contributed by atoms with Crippen LogP contribution >= 0.6 is 0 Å². The maximum Gasteiger partial charge on any atom is 0.169 e. The predicted molar refractivity (Wildman–Crippen MR) is 116 cm³/mol. The highest BCUT2D eigenvalue weighted by Gasteiger charge is 2.33. The van der Waals surface area contributed by atoms with Crippen molar-refractivity contribution < 1.29 is 19.4 Å². The van der Waals surface area contributed by atoms with Crippen molar-refractivity contribution >= 4 is 22.5 Å². The summed E-state index contributed by atoms with van der Waals surface area (Å²) in [4.78, 5) is 27.1. The Kier molecular flexibility index (Phi) is 6.97. The Morgan fingerprint density at radius 2 is 1.93 bits per heavy atom. The van der Waals surface area contributed by atoms with E-state index in [9.17, 15) is 9.59 Å². The first kappa shape index (κ1) is 21.2. The van der Waals surface area contributed by atoms with Gasteiger partial charge in [0.05, 0.1) is 13.2 Å². The Morgan fingerprint density at radius 1 is 1.13 bits per heavy atom. The maximum absolute atomic E-state index is 13.5. The van der Waals surface area contributed by atoms with Crippen LogP contribution in [-0.4, -0.2) is 65.6 Å². The molecule has 0 spiro atoms. The van der Waals surface area contributed by atoms with Crippen LogP contribution in [0.25, 0.3) is 10.9 Å². The average molecular weight is 413 g/mol. The lowest BCUT2D eigenvalue weighted by atomic mass is 9.84. The number of carbonyl (C=O) groups is 2. The van der Waals surface area contributed by atoms with Crippen LogP contribution in [0, 0.1) is 5.92 Å². The number of aliphatic hydroxyl groups excluding tert-OH is 1. The number of aliphatic hydroxyl groups is 1. The van der Waals surface area contributed by atoms with Crippen LogP contribution < -0.4 is 0 Å². The molecule has 1 atom stereocenters. The summed E-state index contributed by atoms with van der Waals surface area (Å²) in [7, 11) is 0. The summed E-state index contributed by atoms with van der Waals surface area (Å²) in [6.45, 7) is 4.69. The summed E-state index contributed by atoms with van der Waals surface area (Å²) in [6.07, 6.45) is 5.01. The Labute approximate surface area is 177 Å². The van der Waals surface area contributed by atoms with Crippen molar-refractivity contribution in [3.8, 4) is 0 Å². The number of fused-ring (bicyclic) bond motifs is 3. The molecule has 1 saturated heterocycles. The second-order valence-electron chi connectivity index (χ2n) is 8.51. The molecule has 0 radical (unpaired) electrons. The van der Waals surface area contributed by atoms with E-state index in [1.165, 1.54) is 5.69 Å². The van der Waals surface area contributed by atoms with Gasteiger partial charge in [0.2, 0.25) is 0 Å². The number of Topliss-reactive ketones (excluding diaryl/α,β-unsaturated/α-hetero) is 2. The number of aromatic nitrogens is 1. The first-order valence-electron chi connectivity index (χ1n) is 11.3. The van der Waals surface area contributed by atoms with Gasteiger partial charge in [-0.15, -0.1) is 0 Å². The van der Waals surface area contributed by atoms with Gasteiger partial charge in [0, 0.05) is 60.7 Å². The van der Waals surface area contributed by atoms with Crippen LogP contribution in [0.1, 0.15) is 48.2 Å². The molecule has 1 fully saturated rings. The standard InChI is InChI=1S/C24H32N2O4/c27-17-19(28)6-2-1-5-11-26-21-8-4-3-7-20(21)23-22(26)10-9-18(24(23)29)16-25-12-14-30-15-13-25/h3-4,7-8,18,27H,1-2,5-6,9-17H2. The number of unbranched alkanes of at least 4 members (excludes halogenated alkanes) is 2. The van der Waals surface area contributed by atoms with E-state index in [0.717, 1.165) is 88.0 Å². The van der Waals surface area contributed by atoms with Gasteiger partial charge < -0.3 is 14.4 Å². The quantitative estimate of drug-likeness (QED) is 0.642. The Balaban J connectivity index is 1.49. The largest absolute Gasteiger partial charge is 0.389 e. The number of ether oxygens (including phenoxy) is 1. The molecule has 30 heavy (non-hydrogen) atoms. The van der Waals surface area contributed by atoms with Crippen LogP contribution in [0.3, 0.4) is 0 Å². The van der Waals surface area contributed by atoms with Crippen LogP contribution in [-0.2, 0) is 22.5 Å². The summed E-state index contributed by atoms with van der Waals surface area (Å²) < 4.78 is 7.78. The number of rotatable bonds is 9. The van der Waals surface area contributed by atoms with Gasteiger partial charge in [0.25, 0.3) is 0 Å². The average Bonchev–Trinajstić information content (AvgIpc) is 3.10. The van der Waals surface area contributed by atoms with E-state index in [1.54, 1.807) is 0 Å². The van der Waals surface area contributed by atoms with Crippen molar-refractivity contribution in [2.75, 3.05) is 39.5 Å². The van der Waals surface area contributed by atoms with Gasteiger partial charge in [-0.3, -0.25) is 14.5 Å². The Bertz CT molecular complexity index is 898. The molecule has 1 aromatic carbocycles.